The van der Waals surface area contributed by atoms with Gasteiger partial charge in [-0.1, -0.05) is 60.2 Å². The summed E-state index contributed by atoms with van der Waals surface area (Å²) >= 11 is 0. The van der Waals surface area contributed by atoms with E-state index in [0.717, 1.165) is 11.1 Å². The maximum absolute atomic E-state index is 12.5. The van der Waals surface area contributed by atoms with Gasteiger partial charge in [0.1, 0.15) is 24.0 Å². The molecule has 0 aliphatic carbocycles. The zero-order chi connectivity index (χ0) is 20.6. The molecule has 3 rings (SSSR count). The molecule has 0 aromatic heterocycles. The number of anilines is 1. The predicted octanol–water partition coefficient (Wildman–Crippen LogP) is 5.43. The van der Waals surface area contributed by atoms with Crippen LogP contribution in [0.2, 0.25) is 0 Å². The van der Waals surface area contributed by atoms with E-state index in [1.54, 1.807) is 12.1 Å². The van der Waals surface area contributed by atoms with E-state index in [-0.39, 0.29) is 5.57 Å². The number of hydrogen-bond acceptors (Lipinski definition) is 3. The van der Waals surface area contributed by atoms with Crippen molar-refractivity contribution in [2.75, 3.05) is 5.32 Å². The van der Waals surface area contributed by atoms with Crippen LogP contribution < -0.4 is 10.1 Å². The Bertz CT molecular complexity index is 1080. The molecule has 0 spiro atoms. The van der Waals surface area contributed by atoms with Crippen LogP contribution >= 0.6 is 0 Å². The highest BCUT2D eigenvalue weighted by Crippen LogP contribution is 2.23. The molecular weight excluding hydrogens is 360 g/mol. The minimum absolute atomic E-state index is 0.0119. The molecule has 4 nitrogen and oxygen atoms in total. The molecule has 3 aromatic rings. The van der Waals surface area contributed by atoms with Gasteiger partial charge in [-0.3, -0.25) is 4.79 Å². The number of nitrogens with zero attached hydrogens (tertiary/aromatic N) is 1. The van der Waals surface area contributed by atoms with Crippen LogP contribution in [0.25, 0.3) is 6.08 Å². The number of ether oxygens (including phenoxy) is 1. The highest BCUT2D eigenvalue weighted by atomic mass is 16.5. The topological polar surface area (TPSA) is 62.1 Å². The molecule has 0 unspecified atom stereocenters. The molecule has 0 aliphatic heterocycles. The molecule has 29 heavy (non-hydrogen) atoms. The van der Waals surface area contributed by atoms with Crippen molar-refractivity contribution in [1.29, 1.82) is 5.26 Å². The molecule has 0 bridgehead atoms. The van der Waals surface area contributed by atoms with Gasteiger partial charge in [-0.25, -0.2) is 0 Å². The fourth-order valence-electron chi connectivity index (χ4n) is 2.80. The molecule has 0 fully saturated rings. The van der Waals surface area contributed by atoms with E-state index >= 15 is 0 Å². The zero-order valence-electron chi connectivity index (χ0n) is 16.5. The molecule has 3 aromatic carbocycles. The second-order valence-corrected chi connectivity index (χ2v) is 6.81. The zero-order valence-corrected chi connectivity index (χ0v) is 16.5. The summed E-state index contributed by atoms with van der Waals surface area (Å²) in [5.74, 6) is 0.163. The largest absolute Gasteiger partial charge is 0.488 e. The highest BCUT2D eigenvalue weighted by molar-refractivity contribution is 6.09. The van der Waals surface area contributed by atoms with Crippen LogP contribution in [0.4, 0.5) is 5.69 Å². The first kappa shape index (κ1) is 19.9. The smallest absolute Gasteiger partial charge is 0.266 e. The number of amides is 1. The van der Waals surface area contributed by atoms with Gasteiger partial charge in [-0.15, -0.1) is 0 Å². The summed E-state index contributed by atoms with van der Waals surface area (Å²) in [6.45, 7) is 4.39. The van der Waals surface area contributed by atoms with Gasteiger partial charge < -0.3 is 10.1 Å². The van der Waals surface area contributed by atoms with Gasteiger partial charge in [-0.05, 0) is 49.2 Å². The first-order chi connectivity index (χ1) is 14.0. The Hall–Kier alpha value is -3.84. The normalized spacial score (nSPS) is 10.9. The van der Waals surface area contributed by atoms with E-state index in [9.17, 15) is 10.1 Å². The van der Waals surface area contributed by atoms with Crippen molar-refractivity contribution in [3.05, 3.63) is 101 Å². The lowest BCUT2D eigenvalue weighted by molar-refractivity contribution is -0.112. The van der Waals surface area contributed by atoms with Crippen LogP contribution in [0, 0.1) is 25.2 Å². The molecule has 0 radical (unpaired) electrons. The molecule has 0 atom stereocenters. The van der Waals surface area contributed by atoms with Crippen molar-refractivity contribution in [3.8, 4) is 11.8 Å². The van der Waals surface area contributed by atoms with Crippen LogP contribution in [-0.4, -0.2) is 5.91 Å². The van der Waals surface area contributed by atoms with E-state index in [0.29, 0.717) is 23.6 Å². The van der Waals surface area contributed by atoms with Gasteiger partial charge in [-0.2, -0.15) is 5.26 Å². The first-order valence-electron chi connectivity index (χ1n) is 9.32. The maximum Gasteiger partial charge on any atom is 0.266 e. The van der Waals surface area contributed by atoms with Gasteiger partial charge >= 0.3 is 0 Å². The summed E-state index contributed by atoms with van der Waals surface area (Å²) in [7, 11) is 0. The summed E-state index contributed by atoms with van der Waals surface area (Å²) in [5.41, 5.74) is 4.61. The Kier molecular flexibility index (Phi) is 6.44. The molecule has 144 valence electrons. The van der Waals surface area contributed by atoms with Crippen LogP contribution in [0.1, 0.15) is 22.3 Å². The van der Waals surface area contributed by atoms with Crippen LogP contribution in [0.3, 0.4) is 0 Å². The molecular formula is C25H22N2O2. The Morgan fingerprint density at radius 3 is 2.48 bits per heavy atom. The van der Waals surface area contributed by atoms with E-state index in [4.69, 9.17) is 4.74 Å². The summed E-state index contributed by atoms with van der Waals surface area (Å²) in [6, 6.07) is 24.9. The SMILES string of the molecule is Cc1ccc(COc2ccccc2/C=C(\C#N)C(=O)Nc2cccc(C)c2)cc1. The molecule has 1 N–H and O–H groups in total. The number of rotatable bonds is 6. The Balaban J connectivity index is 1.77. The van der Waals surface area contributed by atoms with E-state index < -0.39 is 5.91 Å². The lowest BCUT2D eigenvalue weighted by atomic mass is 10.1. The molecule has 4 heteroatoms. The quantitative estimate of drug-likeness (QED) is 0.457. The molecule has 0 saturated heterocycles. The fraction of sp³-hybridized carbons (Fsp3) is 0.120. The van der Waals surface area contributed by atoms with Crippen LogP contribution in [0.15, 0.2) is 78.4 Å². The Morgan fingerprint density at radius 1 is 1.00 bits per heavy atom. The molecule has 0 saturated carbocycles. The van der Waals surface area contributed by atoms with Gasteiger partial charge in [0.2, 0.25) is 0 Å². The molecule has 1 amide bonds. The van der Waals surface area contributed by atoms with Crippen molar-refractivity contribution >= 4 is 17.7 Å². The highest BCUT2D eigenvalue weighted by Gasteiger charge is 2.11. The number of nitrogens with one attached hydrogen (secondary N) is 1. The van der Waals surface area contributed by atoms with E-state index in [1.807, 2.05) is 86.6 Å². The number of carbonyl (C=O) groups excluding carboxylic acids is 1. The van der Waals surface area contributed by atoms with Gasteiger partial charge in [0.15, 0.2) is 0 Å². The van der Waals surface area contributed by atoms with Gasteiger partial charge in [0, 0.05) is 11.3 Å². The lowest BCUT2D eigenvalue weighted by Crippen LogP contribution is -2.13. The summed E-state index contributed by atoms with van der Waals surface area (Å²) in [4.78, 5) is 12.5. The van der Waals surface area contributed by atoms with Crippen molar-refractivity contribution in [1.82, 2.24) is 0 Å². The molecule has 0 heterocycles. The lowest BCUT2D eigenvalue weighted by Gasteiger charge is -2.10. The van der Waals surface area contributed by atoms with Crippen molar-refractivity contribution in [3.63, 3.8) is 0 Å². The number of aryl methyl sites for hydroxylation is 2. The maximum atomic E-state index is 12.5. The third kappa shape index (κ3) is 5.57. The number of nitriles is 1. The van der Waals surface area contributed by atoms with Crippen molar-refractivity contribution in [2.45, 2.75) is 20.5 Å². The van der Waals surface area contributed by atoms with E-state index in [2.05, 4.69) is 5.32 Å². The summed E-state index contributed by atoms with van der Waals surface area (Å²) in [5, 5.41) is 12.3. The fourth-order valence-corrected chi connectivity index (χ4v) is 2.80. The van der Waals surface area contributed by atoms with Crippen molar-refractivity contribution < 1.29 is 9.53 Å². The third-order valence-electron chi connectivity index (χ3n) is 4.37. The minimum atomic E-state index is -0.452. The minimum Gasteiger partial charge on any atom is -0.488 e. The monoisotopic (exact) mass is 382 g/mol. The molecule has 0 aliphatic rings. The standard InChI is InChI=1S/C25H22N2O2/c1-18-10-12-20(13-11-18)17-29-24-9-4-3-7-21(24)15-22(16-26)25(28)27-23-8-5-6-19(2)14-23/h3-15H,17H2,1-2H3,(H,27,28)/b22-15+. The summed E-state index contributed by atoms with van der Waals surface area (Å²) in [6.07, 6.45) is 1.55. The average molecular weight is 382 g/mol. The predicted molar refractivity (Wildman–Crippen MR) is 115 cm³/mol. The number of hydrogen-bond donors (Lipinski definition) is 1. The van der Waals surface area contributed by atoms with Crippen LogP contribution in [0.5, 0.6) is 5.75 Å². The number of carbonyl (C=O) groups is 1. The van der Waals surface area contributed by atoms with Gasteiger partial charge in [0.05, 0.1) is 0 Å². The second kappa shape index (κ2) is 9.38. The van der Waals surface area contributed by atoms with Crippen LogP contribution in [-0.2, 0) is 11.4 Å². The first-order valence-corrected chi connectivity index (χ1v) is 9.32. The Morgan fingerprint density at radius 2 is 1.76 bits per heavy atom. The Labute approximate surface area is 171 Å². The second-order valence-electron chi connectivity index (χ2n) is 6.81. The summed E-state index contributed by atoms with van der Waals surface area (Å²) < 4.78 is 5.94. The third-order valence-corrected chi connectivity index (χ3v) is 4.37. The van der Waals surface area contributed by atoms with Crippen molar-refractivity contribution in [2.24, 2.45) is 0 Å². The number of para-hydroxylation sites is 1. The van der Waals surface area contributed by atoms with Gasteiger partial charge in [0.25, 0.3) is 5.91 Å². The number of benzene rings is 3. The average Bonchev–Trinajstić information content (AvgIpc) is 2.72. The van der Waals surface area contributed by atoms with E-state index in [1.165, 1.54) is 5.56 Å².